The third-order valence-corrected chi connectivity index (χ3v) is 6.46. The van der Waals surface area contributed by atoms with E-state index in [1.54, 1.807) is 12.1 Å². The molecule has 1 heterocycles. The number of aromatic hydroxyl groups is 1. The highest BCUT2D eigenvalue weighted by atomic mass is 35.5. The van der Waals surface area contributed by atoms with Gasteiger partial charge in [0.05, 0.1) is 25.6 Å². The first-order valence-corrected chi connectivity index (χ1v) is 12.8. The van der Waals surface area contributed by atoms with Crippen LogP contribution in [0.3, 0.4) is 0 Å². The summed E-state index contributed by atoms with van der Waals surface area (Å²) >= 11 is 6.30. The van der Waals surface area contributed by atoms with Crippen LogP contribution in [0.1, 0.15) is 66.6 Å². The molecule has 1 unspecified atom stereocenters. The molecule has 0 radical (unpaired) electrons. The van der Waals surface area contributed by atoms with Crippen LogP contribution < -0.4 is 10.6 Å². The minimum Gasteiger partial charge on any atom is -0.508 e. The number of hydrogen-bond donors (Lipinski definition) is 5. The number of phenols is 1. The number of benzene rings is 2. The first kappa shape index (κ1) is 29.1. The molecule has 5 N–H and O–H groups in total. The van der Waals surface area contributed by atoms with Crippen molar-refractivity contribution in [3.05, 3.63) is 63.7 Å². The van der Waals surface area contributed by atoms with Crippen LogP contribution in [0, 0.1) is 0 Å². The zero-order chi connectivity index (χ0) is 28.0. The lowest BCUT2D eigenvalue weighted by Crippen LogP contribution is -2.39. The predicted molar refractivity (Wildman–Crippen MR) is 145 cm³/mol. The first-order chi connectivity index (χ1) is 17.8. The number of nitrogens with one attached hydrogen (secondary N) is 2. The van der Waals surface area contributed by atoms with E-state index in [-0.39, 0.29) is 48.4 Å². The number of amidine groups is 1. The number of carbonyl (C=O) groups excluding carboxylic acids is 2. The number of aliphatic hydroxyl groups excluding tert-OH is 1. The highest BCUT2D eigenvalue weighted by molar-refractivity contribution is 6.30. The molecule has 0 bridgehead atoms. The number of phenolic OH excluding ortho intramolecular Hbond substituents is 1. The Hall–Kier alpha value is -3.43. The maximum atomic E-state index is 12.8. The van der Waals surface area contributed by atoms with E-state index >= 15 is 0 Å². The molecule has 1 aliphatic heterocycles. The smallest absolute Gasteiger partial charge is 0.303 e. The van der Waals surface area contributed by atoms with Gasteiger partial charge in [-0.05, 0) is 52.4 Å². The van der Waals surface area contributed by atoms with Gasteiger partial charge in [0.1, 0.15) is 11.6 Å². The van der Waals surface area contributed by atoms with E-state index in [0.717, 1.165) is 5.56 Å². The molecule has 204 valence electrons. The Balaban J connectivity index is 1.67. The number of aliphatic hydroxyl groups is 1. The number of carbonyl (C=O) groups is 3. The number of rotatable bonds is 10. The summed E-state index contributed by atoms with van der Waals surface area (Å²) in [5, 5.41) is 35.1. The molecule has 9 nitrogen and oxygen atoms in total. The van der Waals surface area contributed by atoms with Crippen LogP contribution >= 0.6 is 11.6 Å². The molecule has 2 aromatic carbocycles. The van der Waals surface area contributed by atoms with Gasteiger partial charge in [-0.1, -0.05) is 38.4 Å². The summed E-state index contributed by atoms with van der Waals surface area (Å²) in [5.74, 6) is -1.98. The number of aliphatic carboxylic acids is 1. The monoisotopic (exact) mass is 543 g/mol. The van der Waals surface area contributed by atoms with Gasteiger partial charge in [-0.3, -0.25) is 19.4 Å². The molecule has 3 rings (SSSR count). The van der Waals surface area contributed by atoms with Crippen molar-refractivity contribution in [3.63, 3.8) is 0 Å². The molecule has 0 aromatic heterocycles. The van der Waals surface area contributed by atoms with Gasteiger partial charge in [0, 0.05) is 35.9 Å². The van der Waals surface area contributed by atoms with E-state index < -0.39 is 23.9 Å². The molecule has 0 saturated heterocycles. The quantitative estimate of drug-likeness (QED) is 0.309. The molecule has 0 spiro atoms. The number of hydrogen-bond acceptors (Lipinski definition) is 7. The van der Waals surface area contributed by atoms with Gasteiger partial charge in [0.2, 0.25) is 0 Å². The van der Waals surface area contributed by atoms with Crippen LogP contribution in [0.5, 0.6) is 5.75 Å². The summed E-state index contributed by atoms with van der Waals surface area (Å²) in [5.41, 5.74) is 2.19. The molecule has 1 aliphatic rings. The first-order valence-electron chi connectivity index (χ1n) is 12.4. The number of nitrogens with zero attached hydrogens (tertiary/aromatic N) is 1. The Labute approximate surface area is 226 Å². The molecule has 10 heteroatoms. The highest BCUT2D eigenvalue weighted by Crippen LogP contribution is 2.32. The van der Waals surface area contributed by atoms with Gasteiger partial charge in [-0.25, -0.2) is 0 Å². The Morgan fingerprint density at radius 3 is 2.50 bits per heavy atom. The number of β-amino-alcohol motifs (C(OH)–C–C–N with tert-alkyl or cyclic N) is 1. The lowest BCUT2D eigenvalue weighted by Gasteiger charge is -2.23. The summed E-state index contributed by atoms with van der Waals surface area (Å²) in [4.78, 5) is 41.3. The van der Waals surface area contributed by atoms with Gasteiger partial charge in [-0.15, -0.1) is 0 Å². The van der Waals surface area contributed by atoms with Crippen molar-refractivity contribution in [2.45, 2.75) is 57.5 Å². The predicted octanol–water partition coefficient (Wildman–Crippen LogP) is 3.20. The molecule has 1 amide bonds. The van der Waals surface area contributed by atoms with Crippen LogP contribution in [0.25, 0.3) is 0 Å². The molecular weight excluding hydrogens is 510 g/mol. The van der Waals surface area contributed by atoms with Crippen molar-refractivity contribution in [3.8, 4) is 5.75 Å². The SMILES string of the molecule is CC(C)(C)c1cc(Cl)cc([C@H](CC(=O)O)CC(=O)CNC(=O)c2cc(O)cc(CC3=NCC(O)CN3)c2)c1. The normalized spacial score (nSPS) is 16.2. The van der Waals surface area contributed by atoms with Crippen LogP contribution in [0.15, 0.2) is 41.4 Å². The van der Waals surface area contributed by atoms with Crippen molar-refractivity contribution in [2.75, 3.05) is 19.6 Å². The number of carboxylic acids is 1. The van der Waals surface area contributed by atoms with Gasteiger partial charge in [0.25, 0.3) is 5.91 Å². The average Bonchev–Trinajstić information content (AvgIpc) is 2.82. The molecule has 38 heavy (non-hydrogen) atoms. The Bertz CT molecular complexity index is 1240. The minimum atomic E-state index is -1.04. The Morgan fingerprint density at radius 2 is 1.87 bits per heavy atom. The van der Waals surface area contributed by atoms with Gasteiger partial charge in [0.15, 0.2) is 5.78 Å². The van der Waals surface area contributed by atoms with Crippen molar-refractivity contribution in [1.82, 2.24) is 10.6 Å². The lowest BCUT2D eigenvalue weighted by atomic mass is 9.83. The van der Waals surface area contributed by atoms with Crippen molar-refractivity contribution in [1.29, 1.82) is 0 Å². The van der Waals surface area contributed by atoms with E-state index in [1.807, 2.05) is 32.9 Å². The molecular formula is C28H34ClN3O6. The number of Topliss-reactive ketones (excluding diaryl/α,β-unsaturated/α-hetero) is 1. The topological polar surface area (TPSA) is 148 Å². The Kier molecular flexibility index (Phi) is 9.51. The third kappa shape index (κ3) is 8.56. The fraction of sp³-hybridized carbons (Fsp3) is 0.429. The van der Waals surface area contributed by atoms with E-state index in [4.69, 9.17) is 11.6 Å². The van der Waals surface area contributed by atoms with Crippen LogP contribution in [0.4, 0.5) is 0 Å². The zero-order valence-electron chi connectivity index (χ0n) is 21.8. The number of aliphatic imine (C=N–C) groups is 1. The molecule has 0 fully saturated rings. The maximum Gasteiger partial charge on any atom is 0.303 e. The molecule has 2 aromatic rings. The summed E-state index contributed by atoms with van der Waals surface area (Å²) < 4.78 is 0. The average molecular weight is 544 g/mol. The number of amides is 1. The van der Waals surface area contributed by atoms with Crippen LogP contribution in [0.2, 0.25) is 5.02 Å². The fourth-order valence-corrected chi connectivity index (χ4v) is 4.46. The van der Waals surface area contributed by atoms with Crippen LogP contribution in [-0.2, 0) is 21.4 Å². The van der Waals surface area contributed by atoms with Crippen molar-refractivity contribution < 1.29 is 29.7 Å². The number of halogens is 1. The van der Waals surface area contributed by atoms with E-state index in [9.17, 15) is 29.7 Å². The van der Waals surface area contributed by atoms with Crippen molar-refractivity contribution in [2.24, 2.45) is 4.99 Å². The van der Waals surface area contributed by atoms with Gasteiger partial charge >= 0.3 is 5.97 Å². The Morgan fingerprint density at radius 1 is 1.13 bits per heavy atom. The largest absolute Gasteiger partial charge is 0.508 e. The summed E-state index contributed by atoms with van der Waals surface area (Å²) in [6.45, 7) is 6.43. The second-order valence-corrected chi connectivity index (χ2v) is 11.1. The minimum absolute atomic E-state index is 0.0842. The lowest BCUT2D eigenvalue weighted by molar-refractivity contribution is -0.137. The third-order valence-electron chi connectivity index (χ3n) is 6.24. The molecule has 0 saturated carbocycles. The van der Waals surface area contributed by atoms with Crippen LogP contribution in [-0.4, -0.2) is 64.6 Å². The maximum absolute atomic E-state index is 12.8. The molecule has 0 aliphatic carbocycles. The second kappa shape index (κ2) is 12.4. The summed E-state index contributed by atoms with van der Waals surface area (Å²) in [6.07, 6.45) is -0.544. The number of ketones is 1. The van der Waals surface area contributed by atoms with E-state index in [1.165, 1.54) is 12.1 Å². The van der Waals surface area contributed by atoms with E-state index in [0.29, 0.717) is 35.0 Å². The zero-order valence-corrected chi connectivity index (χ0v) is 22.5. The standard InChI is InChI=1S/C28H34ClN3O6/c1-28(2,3)20-7-17(8-21(29)12-20)18(11-26(36)37)9-23(34)13-32-27(38)19-4-16(5-22(33)10-19)6-25-30-14-24(35)15-31-25/h4-5,7-8,10,12,18,24,33,35H,6,9,11,13-15H2,1-3H3,(H,30,31)(H,32,38)(H,36,37)/t18-/m0/s1. The van der Waals surface area contributed by atoms with Crippen molar-refractivity contribution >= 4 is 35.1 Å². The highest BCUT2D eigenvalue weighted by Gasteiger charge is 2.23. The summed E-state index contributed by atoms with van der Waals surface area (Å²) in [6, 6.07) is 9.81. The van der Waals surface area contributed by atoms with E-state index in [2.05, 4.69) is 15.6 Å². The van der Waals surface area contributed by atoms with Gasteiger partial charge < -0.3 is 26.0 Å². The number of carboxylic acid groups (broad SMARTS) is 1. The summed E-state index contributed by atoms with van der Waals surface area (Å²) in [7, 11) is 0. The molecule has 2 atom stereocenters. The second-order valence-electron chi connectivity index (χ2n) is 10.6. The fourth-order valence-electron chi connectivity index (χ4n) is 4.22. The van der Waals surface area contributed by atoms with Gasteiger partial charge in [-0.2, -0.15) is 0 Å².